The highest BCUT2D eigenvalue weighted by Crippen LogP contribution is 2.37. The summed E-state index contributed by atoms with van der Waals surface area (Å²) in [4.78, 5) is 0. The molecule has 0 spiro atoms. The Kier molecular flexibility index (Phi) is 5.00. The predicted octanol–water partition coefficient (Wildman–Crippen LogP) is 3.80. The third kappa shape index (κ3) is 3.36. The largest absolute Gasteiger partial charge is 0.497 e. The summed E-state index contributed by atoms with van der Waals surface area (Å²) >= 11 is 0. The van der Waals surface area contributed by atoms with E-state index in [2.05, 4.69) is 5.32 Å². The van der Waals surface area contributed by atoms with Crippen molar-refractivity contribution >= 4 is 0 Å². The summed E-state index contributed by atoms with van der Waals surface area (Å²) < 4.78 is 37.7. The third-order valence-corrected chi connectivity index (χ3v) is 4.51. The first-order chi connectivity index (χ1) is 11.6. The Morgan fingerprint density at radius 3 is 2.67 bits per heavy atom. The molecule has 1 N–H and O–H groups in total. The molecule has 0 amide bonds. The minimum atomic E-state index is -0.550. The van der Waals surface area contributed by atoms with Crippen molar-refractivity contribution in [3.8, 4) is 11.5 Å². The van der Waals surface area contributed by atoms with Crippen molar-refractivity contribution in [2.75, 3.05) is 20.8 Å². The molecule has 0 bridgehead atoms. The van der Waals surface area contributed by atoms with Crippen molar-refractivity contribution in [1.29, 1.82) is 0 Å². The number of halogens is 2. The zero-order valence-corrected chi connectivity index (χ0v) is 13.9. The molecule has 24 heavy (non-hydrogen) atoms. The van der Waals surface area contributed by atoms with E-state index in [0.717, 1.165) is 36.1 Å². The van der Waals surface area contributed by atoms with Gasteiger partial charge in [-0.2, -0.15) is 0 Å². The van der Waals surface area contributed by atoms with Gasteiger partial charge in [-0.3, -0.25) is 0 Å². The van der Waals surface area contributed by atoms with E-state index in [1.165, 1.54) is 17.7 Å². The Balaban J connectivity index is 1.84. The van der Waals surface area contributed by atoms with E-state index in [9.17, 15) is 8.78 Å². The van der Waals surface area contributed by atoms with E-state index >= 15 is 0 Å². The molecule has 0 aromatic heterocycles. The predicted molar refractivity (Wildman–Crippen MR) is 88.7 cm³/mol. The van der Waals surface area contributed by atoms with Crippen molar-refractivity contribution in [2.24, 2.45) is 0 Å². The second-order valence-electron chi connectivity index (χ2n) is 5.93. The fraction of sp³-hybridized carbons (Fsp3) is 0.368. The maximum atomic E-state index is 13.8. The number of fused-ring (bicyclic) bond motifs is 1. The molecule has 0 fully saturated rings. The minimum Gasteiger partial charge on any atom is -0.497 e. The Hall–Kier alpha value is -2.14. The van der Waals surface area contributed by atoms with Crippen LogP contribution in [0.3, 0.4) is 0 Å². The first kappa shape index (κ1) is 16.7. The van der Waals surface area contributed by atoms with E-state index in [1.807, 2.05) is 12.1 Å². The normalized spacial score (nSPS) is 16.6. The first-order valence-corrected chi connectivity index (χ1v) is 8.04. The van der Waals surface area contributed by atoms with E-state index < -0.39 is 11.6 Å². The van der Waals surface area contributed by atoms with Crippen molar-refractivity contribution < 1.29 is 18.3 Å². The molecule has 1 aliphatic rings. The molecule has 0 saturated carbocycles. The standard InChI is InChI=1S/C19H21F2NO2/c1-23-15-9-13-7-8-22-17(19(13)18(11-15)24-2)6-4-12-3-5-14(20)10-16(12)21/h3,5,9-11,17,22H,4,6-8H2,1-2H3. The number of aryl methyl sites for hydroxylation is 1. The van der Waals surface area contributed by atoms with Gasteiger partial charge in [0.2, 0.25) is 0 Å². The lowest BCUT2D eigenvalue weighted by Crippen LogP contribution is -2.30. The van der Waals surface area contributed by atoms with Gasteiger partial charge in [-0.25, -0.2) is 8.78 Å². The summed E-state index contributed by atoms with van der Waals surface area (Å²) in [5, 5.41) is 3.47. The number of benzene rings is 2. The Labute approximate surface area is 140 Å². The van der Waals surface area contributed by atoms with Gasteiger partial charge in [-0.05, 0) is 49.1 Å². The van der Waals surface area contributed by atoms with Crippen molar-refractivity contribution in [2.45, 2.75) is 25.3 Å². The second kappa shape index (κ2) is 7.18. The van der Waals surface area contributed by atoms with Gasteiger partial charge >= 0.3 is 0 Å². The summed E-state index contributed by atoms with van der Waals surface area (Å²) in [5.74, 6) is 0.510. The smallest absolute Gasteiger partial charge is 0.129 e. The van der Waals surface area contributed by atoms with Gasteiger partial charge in [-0.1, -0.05) is 6.07 Å². The van der Waals surface area contributed by atoms with E-state index in [0.29, 0.717) is 18.4 Å². The SMILES string of the molecule is COc1cc2c(c(OC)c1)C(CCc1ccc(F)cc1F)NCC2. The van der Waals surface area contributed by atoms with Crippen LogP contribution in [0.4, 0.5) is 8.78 Å². The minimum absolute atomic E-state index is 0.0686. The lowest BCUT2D eigenvalue weighted by atomic mass is 9.89. The van der Waals surface area contributed by atoms with Gasteiger partial charge in [0.15, 0.2) is 0 Å². The highest BCUT2D eigenvalue weighted by molar-refractivity contribution is 5.49. The van der Waals surface area contributed by atoms with Gasteiger partial charge in [0.25, 0.3) is 0 Å². The van der Waals surface area contributed by atoms with E-state index in [1.54, 1.807) is 14.2 Å². The van der Waals surface area contributed by atoms with Crippen LogP contribution in [0, 0.1) is 11.6 Å². The van der Waals surface area contributed by atoms with Gasteiger partial charge in [0.1, 0.15) is 23.1 Å². The molecule has 1 atom stereocenters. The molecule has 2 aromatic carbocycles. The number of ether oxygens (including phenoxy) is 2. The number of rotatable bonds is 5. The monoisotopic (exact) mass is 333 g/mol. The molecular formula is C19H21F2NO2. The van der Waals surface area contributed by atoms with Crippen LogP contribution in [0.5, 0.6) is 11.5 Å². The zero-order valence-electron chi connectivity index (χ0n) is 13.9. The van der Waals surface area contributed by atoms with Crippen molar-refractivity contribution in [1.82, 2.24) is 5.32 Å². The molecule has 0 radical (unpaired) electrons. The Morgan fingerprint density at radius 1 is 1.12 bits per heavy atom. The summed E-state index contributed by atoms with van der Waals surface area (Å²) in [7, 11) is 3.28. The molecule has 1 heterocycles. The maximum Gasteiger partial charge on any atom is 0.129 e. The molecule has 5 heteroatoms. The fourth-order valence-corrected chi connectivity index (χ4v) is 3.30. The van der Waals surface area contributed by atoms with Crippen LogP contribution < -0.4 is 14.8 Å². The van der Waals surface area contributed by atoms with Crippen LogP contribution in [0.2, 0.25) is 0 Å². The highest BCUT2D eigenvalue weighted by Gasteiger charge is 2.25. The topological polar surface area (TPSA) is 30.5 Å². The van der Waals surface area contributed by atoms with Crippen LogP contribution in [-0.4, -0.2) is 20.8 Å². The molecule has 3 nitrogen and oxygen atoms in total. The molecule has 1 unspecified atom stereocenters. The summed E-state index contributed by atoms with van der Waals surface area (Å²) in [6, 6.07) is 7.72. The lowest BCUT2D eigenvalue weighted by Gasteiger charge is -2.29. The van der Waals surface area contributed by atoms with Gasteiger partial charge in [0.05, 0.1) is 14.2 Å². The lowest BCUT2D eigenvalue weighted by molar-refractivity contribution is 0.373. The Morgan fingerprint density at radius 2 is 1.96 bits per heavy atom. The Bertz CT molecular complexity index is 716. The quantitative estimate of drug-likeness (QED) is 0.903. The van der Waals surface area contributed by atoms with Gasteiger partial charge < -0.3 is 14.8 Å². The molecular weight excluding hydrogens is 312 g/mol. The molecule has 3 rings (SSSR count). The molecule has 128 valence electrons. The van der Waals surface area contributed by atoms with Crippen LogP contribution >= 0.6 is 0 Å². The molecule has 1 aliphatic heterocycles. The van der Waals surface area contributed by atoms with Gasteiger partial charge in [0, 0.05) is 23.7 Å². The van der Waals surface area contributed by atoms with Gasteiger partial charge in [-0.15, -0.1) is 0 Å². The van der Waals surface area contributed by atoms with E-state index in [4.69, 9.17) is 9.47 Å². The molecule has 2 aromatic rings. The summed E-state index contributed by atoms with van der Waals surface area (Å²) in [6.07, 6.45) is 2.13. The summed E-state index contributed by atoms with van der Waals surface area (Å²) in [6.45, 7) is 0.847. The van der Waals surface area contributed by atoms with Crippen LogP contribution in [0.1, 0.15) is 29.2 Å². The first-order valence-electron chi connectivity index (χ1n) is 8.04. The maximum absolute atomic E-state index is 13.8. The number of hydrogen-bond acceptors (Lipinski definition) is 3. The second-order valence-corrected chi connectivity index (χ2v) is 5.93. The van der Waals surface area contributed by atoms with Crippen molar-refractivity contribution in [3.63, 3.8) is 0 Å². The summed E-state index contributed by atoms with van der Waals surface area (Å²) in [5.41, 5.74) is 2.82. The van der Waals surface area contributed by atoms with Crippen molar-refractivity contribution in [3.05, 3.63) is 58.7 Å². The van der Waals surface area contributed by atoms with Crippen LogP contribution in [0.25, 0.3) is 0 Å². The van der Waals surface area contributed by atoms with Crippen LogP contribution in [-0.2, 0) is 12.8 Å². The molecule has 0 saturated heterocycles. The molecule has 0 aliphatic carbocycles. The highest BCUT2D eigenvalue weighted by atomic mass is 19.1. The number of hydrogen-bond donors (Lipinski definition) is 1. The fourth-order valence-electron chi connectivity index (χ4n) is 3.30. The zero-order chi connectivity index (χ0) is 17.1. The van der Waals surface area contributed by atoms with E-state index in [-0.39, 0.29) is 6.04 Å². The number of nitrogens with one attached hydrogen (secondary N) is 1. The van der Waals surface area contributed by atoms with Crippen LogP contribution in [0.15, 0.2) is 30.3 Å². The third-order valence-electron chi connectivity index (χ3n) is 4.51. The average molecular weight is 333 g/mol. The average Bonchev–Trinajstić information content (AvgIpc) is 2.59. The number of methoxy groups -OCH3 is 2.